The first-order valence-electron chi connectivity index (χ1n) is 11.6. The number of fused-ring (bicyclic) bond motifs is 1. The lowest BCUT2D eigenvalue weighted by atomic mass is 10.1. The Balaban J connectivity index is 1.66. The molecule has 0 N–H and O–H groups in total. The van der Waals surface area contributed by atoms with Gasteiger partial charge in [0, 0.05) is 17.7 Å². The summed E-state index contributed by atoms with van der Waals surface area (Å²) in [6, 6.07) is 23.8. The van der Waals surface area contributed by atoms with Gasteiger partial charge in [0.25, 0.3) is 11.2 Å². The number of aromatic nitrogens is 4. The summed E-state index contributed by atoms with van der Waals surface area (Å²) in [5, 5.41) is 11.0. The van der Waals surface area contributed by atoms with E-state index >= 15 is 0 Å². The van der Waals surface area contributed by atoms with E-state index < -0.39 is 28.5 Å². The topological polar surface area (TPSA) is 122 Å². The molecule has 38 heavy (non-hydrogen) atoms. The highest BCUT2D eigenvalue weighted by molar-refractivity contribution is 9.10. The van der Waals surface area contributed by atoms with Crippen molar-refractivity contribution in [2.24, 2.45) is 0 Å². The SMILES string of the molecule is O=C(Cn1c(=O)c2c(nc(Br)n2Cc2ccccc2)n(Cc2ccccc2)c1=O)c1ccc([N+](=O)[O-])cc1. The molecule has 0 saturated carbocycles. The normalized spacial score (nSPS) is 11.1. The predicted octanol–water partition coefficient (Wildman–Crippen LogP) is 4.01. The number of halogens is 1. The highest BCUT2D eigenvalue weighted by Gasteiger charge is 2.23. The molecule has 0 bridgehead atoms. The molecule has 3 aromatic carbocycles. The molecule has 0 aliphatic carbocycles. The molecule has 0 amide bonds. The van der Waals surface area contributed by atoms with Gasteiger partial charge in [0.2, 0.25) is 0 Å². The van der Waals surface area contributed by atoms with Crippen LogP contribution >= 0.6 is 15.9 Å². The third-order valence-electron chi connectivity index (χ3n) is 6.14. The third kappa shape index (κ3) is 4.83. The van der Waals surface area contributed by atoms with Gasteiger partial charge in [0.15, 0.2) is 21.7 Å². The smallest absolute Gasteiger partial charge is 0.308 e. The molecule has 0 unspecified atom stereocenters. The summed E-state index contributed by atoms with van der Waals surface area (Å²) in [7, 11) is 0. The minimum atomic E-state index is -0.682. The molecule has 2 heterocycles. The van der Waals surface area contributed by atoms with Crippen molar-refractivity contribution in [2.45, 2.75) is 19.6 Å². The molecule has 0 spiro atoms. The maximum atomic E-state index is 13.7. The fourth-order valence-corrected chi connectivity index (χ4v) is 4.70. The van der Waals surface area contributed by atoms with Crippen LogP contribution in [0, 0.1) is 10.1 Å². The van der Waals surface area contributed by atoms with E-state index in [1.807, 2.05) is 60.7 Å². The Labute approximate surface area is 223 Å². The van der Waals surface area contributed by atoms with Gasteiger partial charge in [0.05, 0.1) is 24.6 Å². The van der Waals surface area contributed by atoms with Crippen LogP contribution in [0.4, 0.5) is 5.69 Å². The van der Waals surface area contributed by atoms with Crippen LogP contribution in [0.3, 0.4) is 0 Å². The number of benzene rings is 3. The molecule has 5 aromatic rings. The maximum absolute atomic E-state index is 13.7. The first-order valence-corrected chi connectivity index (χ1v) is 12.4. The predicted molar refractivity (Wildman–Crippen MR) is 144 cm³/mol. The van der Waals surface area contributed by atoms with Crippen molar-refractivity contribution in [3.8, 4) is 0 Å². The number of carbonyl (C=O) groups excluding carboxylic acids is 1. The summed E-state index contributed by atoms with van der Waals surface area (Å²) in [6.07, 6.45) is 0. The maximum Gasteiger partial charge on any atom is 0.333 e. The number of hydrogen-bond acceptors (Lipinski definition) is 6. The average molecular weight is 574 g/mol. The summed E-state index contributed by atoms with van der Waals surface area (Å²) in [5.41, 5.74) is 0.754. The molecule has 2 aromatic heterocycles. The number of hydrogen-bond donors (Lipinski definition) is 0. The number of nitrogens with zero attached hydrogens (tertiary/aromatic N) is 5. The van der Waals surface area contributed by atoms with Crippen molar-refractivity contribution in [3.63, 3.8) is 0 Å². The summed E-state index contributed by atoms with van der Waals surface area (Å²) in [6.45, 7) is -0.0850. The van der Waals surface area contributed by atoms with Gasteiger partial charge < -0.3 is 4.57 Å². The molecule has 0 aliphatic rings. The van der Waals surface area contributed by atoms with Crippen LogP contribution in [-0.2, 0) is 19.6 Å². The molecule has 0 radical (unpaired) electrons. The number of ketones is 1. The van der Waals surface area contributed by atoms with Crippen molar-refractivity contribution in [1.82, 2.24) is 18.7 Å². The van der Waals surface area contributed by atoms with E-state index in [0.717, 1.165) is 15.7 Å². The molecule has 5 rings (SSSR count). The number of nitro groups is 1. The van der Waals surface area contributed by atoms with Crippen LogP contribution in [0.5, 0.6) is 0 Å². The van der Waals surface area contributed by atoms with E-state index in [0.29, 0.717) is 11.3 Å². The Hall–Kier alpha value is -4.64. The highest BCUT2D eigenvalue weighted by Crippen LogP contribution is 2.20. The van der Waals surface area contributed by atoms with Crippen molar-refractivity contribution >= 4 is 38.6 Å². The van der Waals surface area contributed by atoms with E-state index in [1.54, 1.807) is 4.57 Å². The monoisotopic (exact) mass is 573 g/mol. The van der Waals surface area contributed by atoms with Gasteiger partial charge in [-0.05, 0) is 39.2 Å². The summed E-state index contributed by atoms with van der Waals surface area (Å²) in [5.74, 6) is -0.530. The van der Waals surface area contributed by atoms with Crippen LogP contribution < -0.4 is 11.2 Å². The highest BCUT2D eigenvalue weighted by atomic mass is 79.9. The number of non-ortho nitro benzene ring substituents is 1. The van der Waals surface area contributed by atoms with Crippen molar-refractivity contribution in [3.05, 3.63) is 137 Å². The van der Waals surface area contributed by atoms with Crippen LogP contribution in [0.15, 0.2) is 99.3 Å². The van der Waals surface area contributed by atoms with Gasteiger partial charge >= 0.3 is 5.69 Å². The Morgan fingerprint density at radius 2 is 1.37 bits per heavy atom. The zero-order valence-corrected chi connectivity index (χ0v) is 21.4. The standard InChI is InChI=1S/C27H20BrN5O5/c28-26-29-24-23(30(26)15-18-7-3-1-4-8-18)25(35)32(27(36)31(24)16-19-9-5-2-6-10-19)17-22(34)20-11-13-21(14-12-20)33(37)38/h1-14H,15-17H2. The number of Topliss-reactive ketones (excluding diaryl/α,β-unsaturated/α-hetero) is 1. The lowest BCUT2D eigenvalue weighted by Gasteiger charge is -2.13. The van der Waals surface area contributed by atoms with Crippen LogP contribution in [0.25, 0.3) is 11.2 Å². The van der Waals surface area contributed by atoms with Gasteiger partial charge in [-0.2, -0.15) is 0 Å². The van der Waals surface area contributed by atoms with Crippen LogP contribution in [0.1, 0.15) is 21.5 Å². The fourth-order valence-electron chi connectivity index (χ4n) is 4.23. The van der Waals surface area contributed by atoms with Gasteiger partial charge in [-0.25, -0.2) is 9.78 Å². The zero-order chi connectivity index (χ0) is 26.8. The quantitative estimate of drug-likeness (QED) is 0.120. The average Bonchev–Trinajstić information content (AvgIpc) is 3.25. The molecular formula is C27H20BrN5O5. The van der Waals surface area contributed by atoms with Crippen molar-refractivity contribution < 1.29 is 9.72 Å². The number of rotatable bonds is 8. The molecule has 10 nitrogen and oxygen atoms in total. The van der Waals surface area contributed by atoms with Gasteiger partial charge in [-0.1, -0.05) is 60.7 Å². The van der Waals surface area contributed by atoms with Gasteiger partial charge in [-0.3, -0.25) is 28.8 Å². The Kier molecular flexibility index (Phi) is 6.84. The number of imidazole rings is 1. The van der Waals surface area contributed by atoms with E-state index in [4.69, 9.17) is 0 Å². The largest absolute Gasteiger partial charge is 0.333 e. The first-order chi connectivity index (χ1) is 18.3. The minimum Gasteiger partial charge on any atom is -0.308 e. The van der Waals surface area contributed by atoms with Crippen molar-refractivity contribution in [2.75, 3.05) is 0 Å². The molecule has 0 fully saturated rings. The van der Waals surface area contributed by atoms with Gasteiger partial charge in [0.1, 0.15) is 0 Å². The zero-order valence-electron chi connectivity index (χ0n) is 19.9. The molecular weight excluding hydrogens is 554 g/mol. The van der Waals surface area contributed by atoms with E-state index in [1.165, 1.54) is 28.8 Å². The second-order valence-corrected chi connectivity index (χ2v) is 9.31. The fraction of sp³-hybridized carbons (Fsp3) is 0.111. The Morgan fingerprint density at radius 3 is 1.92 bits per heavy atom. The number of carbonyl (C=O) groups is 1. The summed E-state index contributed by atoms with van der Waals surface area (Å²) >= 11 is 3.44. The second-order valence-electron chi connectivity index (χ2n) is 8.60. The van der Waals surface area contributed by atoms with Crippen LogP contribution in [0.2, 0.25) is 0 Å². The summed E-state index contributed by atoms with van der Waals surface area (Å²) in [4.78, 5) is 55.3. The lowest BCUT2D eigenvalue weighted by molar-refractivity contribution is -0.384. The Bertz CT molecular complexity index is 1780. The first kappa shape index (κ1) is 25.0. The molecule has 0 aliphatic heterocycles. The number of nitro benzene ring substituents is 1. The summed E-state index contributed by atoms with van der Waals surface area (Å²) < 4.78 is 4.31. The molecule has 0 atom stereocenters. The Morgan fingerprint density at radius 1 is 0.816 bits per heavy atom. The molecule has 0 saturated heterocycles. The molecule has 190 valence electrons. The van der Waals surface area contributed by atoms with E-state index in [9.17, 15) is 24.5 Å². The second kappa shape index (κ2) is 10.4. The van der Waals surface area contributed by atoms with E-state index in [-0.39, 0.29) is 29.0 Å². The van der Waals surface area contributed by atoms with Gasteiger partial charge in [-0.15, -0.1) is 0 Å². The minimum absolute atomic E-state index is 0.136. The lowest BCUT2D eigenvalue weighted by Crippen LogP contribution is -2.42. The molecule has 11 heteroatoms. The third-order valence-corrected chi connectivity index (χ3v) is 6.74. The van der Waals surface area contributed by atoms with Crippen LogP contribution in [-0.4, -0.2) is 29.4 Å². The van der Waals surface area contributed by atoms with Crippen molar-refractivity contribution in [1.29, 1.82) is 0 Å². The van der Waals surface area contributed by atoms with E-state index in [2.05, 4.69) is 20.9 Å².